The number of ether oxygens (including phenoxy) is 1. The summed E-state index contributed by atoms with van der Waals surface area (Å²) in [6, 6.07) is 11.3. The molecule has 5 nitrogen and oxygen atoms in total. The molecule has 0 aliphatic carbocycles. The second-order valence-corrected chi connectivity index (χ2v) is 5.12. The van der Waals surface area contributed by atoms with E-state index in [9.17, 15) is 14.4 Å². The summed E-state index contributed by atoms with van der Waals surface area (Å²) in [7, 11) is 0. The van der Waals surface area contributed by atoms with Gasteiger partial charge < -0.3 is 9.15 Å². The first-order valence-corrected chi connectivity index (χ1v) is 7.18. The maximum absolute atomic E-state index is 13.2. The number of aryl methyl sites for hydroxylation is 1. The molecule has 0 spiro atoms. The highest BCUT2D eigenvalue weighted by atomic mass is 19.1. The lowest BCUT2D eigenvalue weighted by Crippen LogP contribution is -2.08. The number of benzene rings is 1. The van der Waals surface area contributed by atoms with Crippen LogP contribution in [0.1, 0.15) is 27.2 Å². The molecular weight excluding hydrogens is 311 g/mol. The molecule has 24 heavy (non-hydrogen) atoms. The Morgan fingerprint density at radius 1 is 1.33 bits per heavy atom. The van der Waals surface area contributed by atoms with Crippen LogP contribution in [0.4, 0.5) is 4.39 Å². The lowest BCUT2D eigenvalue weighted by Gasteiger charge is -2.04. The van der Waals surface area contributed by atoms with Gasteiger partial charge in [0.2, 0.25) is 5.88 Å². The Balaban J connectivity index is 1.86. The molecule has 6 heteroatoms. The number of hydrogen-bond donors (Lipinski definition) is 0. The van der Waals surface area contributed by atoms with Gasteiger partial charge in [0, 0.05) is 12.4 Å². The number of aromatic nitrogens is 1. The summed E-state index contributed by atoms with van der Waals surface area (Å²) in [5.74, 6) is -0.539. The van der Waals surface area contributed by atoms with Crippen molar-refractivity contribution in [1.82, 2.24) is 4.57 Å². The molecule has 0 aliphatic rings. The molecular formula is C18H13FN2O3. The molecule has 1 aromatic carbocycles. The maximum atomic E-state index is 13.2. The van der Waals surface area contributed by atoms with Crippen molar-refractivity contribution in [2.75, 3.05) is 0 Å². The first kappa shape index (κ1) is 15.6. The second-order valence-electron chi connectivity index (χ2n) is 5.12. The molecule has 0 atom stereocenters. The van der Waals surface area contributed by atoms with E-state index < -0.39 is 11.8 Å². The first-order chi connectivity index (χ1) is 11.6. The van der Waals surface area contributed by atoms with Crippen molar-refractivity contribution in [3.63, 3.8) is 0 Å². The molecule has 3 aromatic rings. The number of rotatable bonds is 4. The first-order valence-electron chi connectivity index (χ1n) is 7.18. The van der Waals surface area contributed by atoms with Crippen molar-refractivity contribution in [1.29, 1.82) is 5.26 Å². The van der Waals surface area contributed by atoms with Crippen LogP contribution >= 0.6 is 0 Å². The van der Waals surface area contributed by atoms with Gasteiger partial charge in [0.25, 0.3) is 0 Å². The number of hydrogen-bond acceptors (Lipinski definition) is 4. The van der Waals surface area contributed by atoms with E-state index in [1.165, 1.54) is 18.2 Å². The van der Waals surface area contributed by atoms with Gasteiger partial charge >= 0.3 is 5.97 Å². The molecule has 0 radical (unpaired) electrons. The summed E-state index contributed by atoms with van der Waals surface area (Å²) in [4.78, 5) is 12.4. The van der Waals surface area contributed by atoms with Gasteiger partial charge in [-0.05, 0) is 36.8 Å². The minimum atomic E-state index is -0.685. The van der Waals surface area contributed by atoms with Crippen LogP contribution in [0.2, 0.25) is 0 Å². The number of carbonyl (C=O) groups is 1. The Morgan fingerprint density at radius 2 is 2.08 bits per heavy atom. The van der Waals surface area contributed by atoms with Crippen molar-refractivity contribution in [3.05, 3.63) is 77.1 Å². The van der Waals surface area contributed by atoms with E-state index in [0.717, 1.165) is 0 Å². The maximum Gasteiger partial charge on any atom is 0.343 e. The third-order valence-corrected chi connectivity index (χ3v) is 3.48. The predicted octanol–water partition coefficient (Wildman–Crippen LogP) is 3.75. The third kappa shape index (κ3) is 2.92. The quantitative estimate of drug-likeness (QED) is 0.686. The average molecular weight is 324 g/mol. The molecule has 0 saturated carbocycles. The SMILES string of the molecule is Cc1oc(-n2cccc2)c(C#N)c1C(=O)OCc1cccc(F)c1. The van der Waals surface area contributed by atoms with E-state index >= 15 is 0 Å². The molecule has 3 rings (SSSR count). The van der Waals surface area contributed by atoms with Crippen molar-refractivity contribution < 1.29 is 18.3 Å². The van der Waals surface area contributed by atoms with Crippen LogP contribution in [0.3, 0.4) is 0 Å². The van der Waals surface area contributed by atoms with E-state index in [4.69, 9.17) is 9.15 Å². The molecule has 0 fully saturated rings. The highest BCUT2D eigenvalue weighted by Gasteiger charge is 2.25. The van der Waals surface area contributed by atoms with Gasteiger partial charge in [-0.1, -0.05) is 12.1 Å². The summed E-state index contributed by atoms with van der Waals surface area (Å²) in [6.07, 6.45) is 3.42. The zero-order valence-corrected chi connectivity index (χ0v) is 12.8. The van der Waals surface area contributed by atoms with Crippen LogP contribution in [0.5, 0.6) is 0 Å². The van der Waals surface area contributed by atoms with Gasteiger partial charge in [0.1, 0.15) is 35.4 Å². The highest BCUT2D eigenvalue weighted by molar-refractivity contribution is 5.94. The minimum absolute atomic E-state index is 0.0811. The standard InChI is InChI=1S/C18H13FN2O3/c1-12-16(15(10-20)17(24-12)21-7-2-3-8-21)18(22)23-11-13-5-4-6-14(19)9-13/h2-9H,11H2,1H3. The lowest BCUT2D eigenvalue weighted by molar-refractivity contribution is 0.0470. The number of carbonyl (C=O) groups excluding carboxylic acids is 1. The Kier molecular flexibility index (Phi) is 4.17. The summed E-state index contributed by atoms with van der Waals surface area (Å²) in [5, 5.41) is 9.40. The summed E-state index contributed by atoms with van der Waals surface area (Å²) >= 11 is 0. The van der Waals surface area contributed by atoms with E-state index in [-0.39, 0.29) is 23.6 Å². The number of furan rings is 1. The van der Waals surface area contributed by atoms with Gasteiger partial charge in [-0.15, -0.1) is 0 Å². The van der Waals surface area contributed by atoms with E-state index in [0.29, 0.717) is 11.3 Å². The average Bonchev–Trinajstić information content (AvgIpc) is 3.19. The Hall–Kier alpha value is -3.33. The smallest absolute Gasteiger partial charge is 0.343 e. The molecule has 0 amide bonds. The largest absolute Gasteiger partial charge is 0.457 e. The van der Waals surface area contributed by atoms with E-state index in [1.54, 1.807) is 42.1 Å². The molecule has 0 saturated heterocycles. The van der Waals surface area contributed by atoms with Gasteiger partial charge in [-0.2, -0.15) is 5.26 Å². The van der Waals surface area contributed by atoms with Crippen molar-refractivity contribution in [2.45, 2.75) is 13.5 Å². The van der Waals surface area contributed by atoms with Gasteiger partial charge in [0.05, 0.1) is 0 Å². The Morgan fingerprint density at radius 3 is 2.75 bits per heavy atom. The molecule has 0 aliphatic heterocycles. The normalized spacial score (nSPS) is 10.4. The second kappa shape index (κ2) is 6.42. The topological polar surface area (TPSA) is 68.2 Å². The summed E-state index contributed by atoms with van der Waals surface area (Å²) in [6.45, 7) is 1.50. The zero-order valence-electron chi connectivity index (χ0n) is 12.8. The monoisotopic (exact) mass is 324 g/mol. The third-order valence-electron chi connectivity index (χ3n) is 3.48. The summed E-state index contributed by atoms with van der Waals surface area (Å²) in [5.41, 5.74) is 0.708. The predicted molar refractivity (Wildman–Crippen MR) is 83.0 cm³/mol. The van der Waals surface area contributed by atoms with Crippen LogP contribution in [-0.2, 0) is 11.3 Å². The van der Waals surface area contributed by atoms with Crippen molar-refractivity contribution in [2.24, 2.45) is 0 Å². The van der Waals surface area contributed by atoms with Crippen LogP contribution in [0, 0.1) is 24.1 Å². The van der Waals surface area contributed by atoms with Gasteiger partial charge in [-0.25, -0.2) is 9.18 Å². The van der Waals surface area contributed by atoms with Gasteiger partial charge in [-0.3, -0.25) is 4.57 Å². The summed E-state index contributed by atoms with van der Waals surface area (Å²) < 4.78 is 25.5. The van der Waals surface area contributed by atoms with Crippen molar-refractivity contribution in [3.8, 4) is 12.0 Å². The van der Waals surface area contributed by atoms with E-state index in [1.807, 2.05) is 6.07 Å². The molecule has 0 unspecified atom stereocenters. The highest BCUT2D eigenvalue weighted by Crippen LogP contribution is 2.26. The van der Waals surface area contributed by atoms with Gasteiger partial charge in [0.15, 0.2) is 0 Å². The Bertz CT molecular complexity index is 920. The van der Waals surface area contributed by atoms with E-state index in [2.05, 4.69) is 0 Å². The number of nitrogens with zero attached hydrogens (tertiary/aromatic N) is 2. The zero-order chi connectivity index (χ0) is 17.1. The molecule has 2 heterocycles. The fourth-order valence-corrected chi connectivity index (χ4v) is 2.38. The number of nitriles is 1. The molecule has 0 bridgehead atoms. The van der Waals surface area contributed by atoms with Crippen LogP contribution in [-0.4, -0.2) is 10.5 Å². The van der Waals surface area contributed by atoms with Crippen LogP contribution < -0.4 is 0 Å². The van der Waals surface area contributed by atoms with Crippen molar-refractivity contribution >= 4 is 5.97 Å². The fraction of sp³-hybridized carbons (Fsp3) is 0.111. The molecule has 2 aromatic heterocycles. The lowest BCUT2D eigenvalue weighted by atomic mass is 10.1. The number of esters is 1. The number of halogens is 1. The Labute approximate surface area is 137 Å². The minimum Gasteiger partial charge on any atom is -0.457 e. The molecule has 120 valence electrons. The fourth-order valence-electron chi connectivity index (χ4n) is 2.38. The molecule has 0 N–H and O–H groups in total. The van der Waals surface area contributed by atoms with Crippen LogP contribution in [0.25, 0.3) is 5.88 Å². The van der Waals surface area contributed by atoms with Crippen LogP contribution in [0.15, 0.2) is 53.2 Å².